The van der Waals surface area contributed by atoms with Crippen molar-refractivity contribution in [2.75, 3.05) is 0 Å². The minimum absolute atomic E-state index is 0.0257. The zero-order chi connectivity index (χ0) is 18.8. The van der Waals surface area contributed by atoms with Crippen molar-refractivity contribution in [2.24, 2.45) is 0 Å². The molecule has 0 spiro atoms. The van der Waals surface area contributed by atoms with Crippen LogP contribution in [0.5, 0.6) is 0 Å². The minimum Gasteiger partial charge on any atom is -0.337 e. The van der Waals surface area contributed by atoms with Gasteiger partial charge in [-0.25, -0.2) is 13.5 Å². The first-order chi connectivity index (χ1) is 13.1. The molecule has 0 saturated heterocycles. The third kappa shape index (κ3) is 3.64. The lowest BCUT2D eigenvalue weighted by Gasteiger charge is -2.05. The second kappa shape index (κ2) is 6.91. The van der Waals surface area contributed by atoms with Crippen molar-refractivity contribution in [2.45, 2.75) is 6.54 Å². The summed E-state index contributed by atoms with van der Waals surface area (Å²) in [5.41, 5.74) is 1.42. The van der Waals surface area contributed by atoms with E-state index in [-0.39, 0.29) is 35.5 Å². The van der Waals surface area contributed by atoms with Gasteiger partial charge in [0.15, 0.2) is 0 Å². The summed E-state index contributed by atoms with van der Waals surface area (Å²) in [6, 6.07) is 14.4. The molecule has 0 N–H and O–H groups in total. The molecule has 27 heavy (non-hydrogen) atoms. The summed E-state index contributed by atoms with van der Waals surface area (Å²) in [4.78, 5) is 16.3. The molecule has 2 aromatic carbocycles. The fourth-order valence-electron chi connectivity index (χ4n) is 2.50. The Morgan fingerprint density at radius 3 is 2.15 bits per heavy atom. The lowest BCUT2D eigenvalue weighted by Crippen LogP contribution is -2.23. The maximum atomic E-state index is 13.1. The molecule has 0 fully saturated rings. The molecule has 134 valence electrons. The average Bonchev–Trinajstić information content (AvgIpc) is 3.13. The molecule has 0 radical (unpaired) electrons. The number of benzene rings is 2. The number of hydrogen-bond donors (Lipinski definition) is 0. The van der Waals surface area contributed by atoms with E-state index in [9.17, 15) is 13.6 Å². The Bertz CT molecular complexity index is 1140. The summed E-state index contributed by atoms with van der Waals surface area (Å²) in [5.74, 6) is -0.255. The first-order valence-electron chi connectivity index (χ1n) is 8.01. The quantitative estimate of drug-likeness (QED) is 0.554. The van der Waals surface area contributed by atoms with Crippen LogP contribution < -0.4 is 5.56 Å². The number of aromatic nitrogens is 4. The molecule has 4 aromatic rings. The third-order valence-electron chi connectivity index (χ3n) is 3.86. The van der Waals surface area contributed by atoms with Crippen molar-refractivity contribution >= 4 is 0 Å². The number of nitrogens with zero attached hydrogens (tertiary/aromatic N) is 4. The van der Waals surface area contributed by atoms with Crippen LogP contribution in [0.1, 0.15) is 5.89 Å². The molecule has 0 atom stereocenters. The van der Waals surface area contributed by atoms with E-state index in [1.165, 1.54) is 47.1 Å². The zero-order valence-corrected chi connectivity index (χ0v) is 13.8. The van der Waals surface area contributed by atoms with E-state index >= 15 is 0 Å². The molecule has 0 aliphatic rings. The highest BCUT2D eigenvalue weighted by atomic mass is 19.1. The first-order valence-corrected chi connectivity index (χ1v) is 8.01. The maximum Gasteiger partial charge on any atom is 0.267 e. The Labute approximate surface area is 151 Å². The van der Waals surface area contributed by atoms with Crippen LogP contribution in [0.4, 0.5) is 8.78 Å². The van der Waals surface area contributed by atoms with Crippen molar-refractivity contribution in [1.29, 1.82) is 0 Å². The van der Waals surface area contributed by atoms with Gasteiger partial charge in [-0.3, -0.25) is 4.79 Å². The average molecular weight is 366 g/mol. The molecule has 4 rings (SSSR count). The number of halogens is 2. The van der Waals surface area contributed by atoms with E-state index in [0.29, 0.717) is 16.8 Å². The largest absolute Gasteiger partial charge is 0.337 e. The Morgan fingerprint density at radius 1 is 0.852 bits per heavy atom. The number of hydrogen-bond acceptors (Lipinski definition) is 5. The van der Waals surface area contributed by atoms with E-state index in [0.717, 1.165) is 0 Å². The topological polar surface area (TPSA) is 73.8 Å². The van der Waals surface area contributed by atoms with Gasteiger partial charge in [0.1, 0.15) is 18.2 Å². The van der Waals surface area contributed by atoms with Gasteiger partial charge >= 0.3 is 0 Å². The number of rotatable bonds is 4. The lowest BCUT2D eigenvalue weighted by atomic mass is 10.1. The van der Waals surface area contributed by atoms with Crippen LogP contribution in [0.2, 0.25) is 0 Å². The Balaban J connectivity index is 1.61. The normalized spacial score (nSPS) is 10.9. The van der Waals surface area contributed by atoms with Gasteiger partial charge in [-0.15, -0.1) is 0 Å². The van der Waals surface area contributed by atoms with Crippen molar-refractivity contribution in [3.8, 4) is 22.6 Å². The van der Waals surface area contributed by atoms with Gasteiger partial charge in [-0.2, -0.15) is 10.1 Å². The van der Waals surface area contributed by atoms with Gasteiger partial charge in [0.2, 0.25) is 11.7 Å². The second-order valence-electron chi connectivity index (χ2n) is 5.74. The molecule has 2 aromatic heterocycles. The molecular formula is C19H12F2N4O2. The lowest BCUT2D eigenvalue weighted by molar-refractivity contribution is 0.363. The van der Waals surface area contributed by atoms with Gasteiger partial charge in [-0.1, -0.05) is 5.16 Å². The molecule has 0 aliphatic heterocycles. The van der Waals surface area contributed by atoms with Crippen LogP contribution in [0, 0.1) is 11.6 Å². The SMILES string of the molecule is O=c1ccc(-c2ccc(F)cc2)nn1Cc1nc(-c2ccc(F)cc2)no1. The fourth-order valence-corrected chi connectivity index (χ4v) is 2.50. The van der Waals surface area contributed by atoms with Crippen molar-refractivity contribution in [3.63, 3.8) is 0 Å². The highest BCUT2D eigenvalue weighted by Gasteiger charge is 2.11. The zero-order valence-electron chi connectivity index (χ0n) is 13.8. The summed E-state index contributed by atoms with van der Waals surface area (Å²) in [6.07, 6.45) is 0. The summed E-state index contributed by atoms with van der Waals surface area (Å²) in [5, 5.41) is 8.10. The van der Waals surface area contributed by atoms with Gasteiger partial charge in [0, 0.05) is 17.2 Å². The smallest absolute Gasteiger partial charge is 0.267 e. The standard InChI is InChI=1S/C19H12F2N4O2/c20-14-5-1-12(2-6-14)16-9-10-18(26)25(23-16)11-17-22-19(24-27-17)13-3-7-15(21)8-4-13/h1-10H,11H2. The predicted octanol–water partition coefficient (Wildman–Crippen LogP) is 3.29. The summed E-state index contributed by atoms with van der Waals surface area (Å²) >= 11 is 0. The van der Waals surface area contributed by atoms with Gasteiger partial charge < -0.3 is 4.52 Å². The van der Waals surface area contributed by atoms with Crippen LogP contribution in [-0.2, 0) is 6.54 Å². The van der Waals surface area contributed by atoms with E-state index in [1.807, 2.05) is 0 Å². The minimum atomic E-state index is -0.365. The van der Waals surface area contributed by atoms with Crippen molar-refractivity contribution in [3.05, 3.63) is 88.5 Å². The maximum absolute atomic E-state index is 13.1. The molecule has 0 bridgehead atoms. The van der Waals surface area contributed by atoms with E-state index < -0.39 is 0 Å². The van der Waals surface area contributed by atoms with Gasteiger partial charge in [0.25, 0.3) is 5.56 Å². The molecule has 2 heterocycles. The second-order valence-corrected chi connectivity index (χ2v) is 5.74. The van der Waals surface area contributed by atoms with Crippen LogP contribution in [0.25, 0.3) is 22.6 Å². The first kappa shape index (κ1) is 16.8. The molecule has 0 aliphatic carbocycles. The predicted molar refractivity (Wildman–Crippen MR) is 92.7 cm³/mol. The van der Waals surface area contributed by atoms with E-state index in [1.54, 1.807) is 18.2 Å². The van der Waals surface area contributed by atoms with Crippen LogP contribution >= 0.6 is 0 Å². The molecular weight excluding hydrogens is 354 g/mol. The fraction of sp³-hybridized carbons (Fsp3) is 0.0526. The highest BCUT2D eigenvalue weighted by Crippen LogP contribution is 2.17. The van der Waals surface area contributed by atoms with Gasteiger partial charge in [0.05, 0.1) is 5.69 Å². The molecule has 8 heteroatoms. The van der Waals surface area contributed by atoms with Crippen LogP contribution in [0.3, 0.4) is 0 Å². The van der Waals surface area contributed by atoms with Crippen LogP contribution in [-0.4, -0.2) is 19.9 Å². The summed E-state index contributed by atoms with van der Waals surface area (Å²) < 4.78 is 32.4. The van der Waals surface area contributed by atoms with E-state index in [4.69, 9.17) is 4.52 Å². The molecule has 0 unspecified atom stereocenters. The molecule has 0 saturated carbocycles. The Hall–Kier alpha value is -3.68. The highest BCUT2D eigenvalue weighted by molar-refractivity contribution is 5.58. The Kier molecular flexibility index (Phi) is 4.29. The van der Waals surface area contributed by atoms with Gasteiger partial charge in [-0.05, 0) is 54.6 Å². The summed E-state index contributed by atoms with van der Waals surface area (Å²) in [6.45, 7) is -0.0257. The summed E-state index contributed by atoms with van der Waals surface area (Å²) in [7, 11) is 0. The van der Waals surface area contributed by atoms with Crippen molar-refractivity contribution < 1.29 is 13.3 Å². The Morgan fingerprint density at radius 2 is 1.48 bits per heavy atom. The monoisotopic (exact) mass is 366 g/mol. The third-order valence-corrected chi connectivity index (χ3v) is 3.86. The van der Waals surface area contributed by atoms with E-state index in [2.05, 4.69) is 15.2 Å². The van der Waals surface area contributed by atoms with Crippen molar-refractivity contribution in [1.82, 2.24) is 19.9 Å². The van der Waals surface area contributed by atoms with Crippen LogP contribution in [0.15, 0.2) is 70.0 Å². The molecule has 6 nitrogen and oxygen atoms in total. The molecule has 0 amide bonds.